The standard InChI is InChI=1S/C10H24N2O2S/c1-9(2)12-7-6-11-8-10(3,4)15(5,13)14/h9,11-12H,6-8H2,1-5H3. The van der Waals surface area contributed by atoms with E-state index in [2.05, 4.69) is 24.5 Å². The lowest BCUT2D eigenvalue weighted by Gasteiger charge is -2.23. The Balaban J connectivity index is 3.78. The van der Waals surface area contributed by atoms with E-state index in [0.29, 0.717) is 12.6 Å². The highest BCUT2D eigenvalue weighted by molar-refractivity contribution is 7.92. The van der Waals surface area contributed by atoms with E-state index in [9.17, 15) is 8.42 Å². The summed E-state index contributed by atoms with van der Waals surface area (Å²) >= 11 is 0. The van der Waals surface area contributed by atoms with Gasteiger partial charge in [0.05, 0.1) is 4.75 Å². The predicted molar refractivity (Wildman–Crippen MR) is 64.9 cm³/mol. The highest BCUT2D eigenvalue weighted by atomic mass is 32.2. The third-order valence-electron chi connectivity index (χ3n) is 2.41. The van der Waals surface area contributed by atoms with E-state index in [1.807, 2.05) is 0 Å². The smallest absolute Gasteiger partial charge is 0.153 e. The molecule has 5 heteroatoms. The van der Waals surface area contributed by atoms with Crippen LogP contribution >= 0.6 is 0 Å². The summed E-state index contributed by atoms with van der Waals surface area (Å²) in [5, 5.41) is 6.40. The van der Waals surface area contributed by atoms with Gasteiger partial charge in [-0.15, -0.1) is 0 Å². The minimum atomic E-state index is -2.99. The fourth-order valence-electron chi connectivity index (χ4n) is 0.970. The van der Waals surface area contributed by atoms with Crippen LogP contribution in [0.3, 0.4) is 0 Å². The van der Waals surface area contributed by atoms with Gasteiger partial charge in [0.1, 0.15) is 0 Å². The molecule has 0 amide bonds. The fraction of sp³-hybridized carbons (Fsp3) is 1.00. The SMILES string of the molecule is CC(C)NCCNCC(C)(C)S(C)(=O)=O. The molecule has 0 heterocycles. The lowest BCUT2D eigenvalue weighted by molar-refractivity contribution is 0.504. The summed E-state index contributed by atoms with van der Waals surface area (Å²) in [5.74, 6) is 0. The first kappa shape index (κ1) is 14.9. The fourth-order valence-corrected chi connectivity index (χ4v) is 1.33. The Morgan fingerprint density at radius 3 is 2.13 bits per heavy atom. The molecule has 0 spiro atoms. The highest BCUT2D eigenvalue weighted by Crippen LogP contribution is 2.12. The molecule has 0 aromatic carbocycles. The minimum absolute atomic E-state index is 0.467. The van der Waals surface area contributed by atoms with Crippen LogP contribution in [0.2, 0.25) is 0 Å². The molecule has 0 saturated heterocycles. The lowest BCUT2D eigenvalue weighted by atomic mass is 10.2. The quantitative estimate of drug-likeness (QED) is 0.628. The van der Waals surface area contributed by atoms with Gasteiger partial charge in [0.2, 0.25) is 0 Å². The van der Waals surface area contributed by atoms with Gasteiger partial charge in [-0.3, -0.25) is 0 Å². The van der Waals surface area contributed by atoms with Crippen LogP contribution in [0.4, 0.5) is 0 Å². The number of hydrogen-bond donors (Lipinski definition) is 2. The van der Waals surface area contributed by atoms with E-state index < -0.39 is 14.6 Å². The van der Waals surface area contributed by atoms with Gasteiger partial charge < -0.3 is 10.6 Å². The molecular weight excluding hydrogens is 212 g/mol. The summed E-state index contributed by atoms with van der Waals surface area (Å²) in [6.45, 7) is 9.79. The average Bonchev–Trinajstić information content (AvgIpc) is 2.00. The van der Waals surface area contributed by atoms with Gasteiger partial charge in [0.15, 0.2) is 9.84 Å². The summed E-state index contributed by atoms with van der Waals surface area (Å²) in [7, 11) is -2.99. The van der Waals surface area contributed by atoms with Crippen LogP contribution in [0.1, 0.15) is 27.7 Å². The normalized spacial score (nSPS) is 13.5. The second kappa shape index (κ2) is 5.82. The minimum Gasteiger partial charge on any atom is -0.314 e. The van der Waals surface area contributed by atoms with Gasteiger partial charge in [-0.1, -0.05) is 13.8 Å². The Morgan fingerprint density at radius 2 is 1.73 bits per heavy atom. The third kappa shape index (κ3) is 6.12. The summed E-state index contributed by atoms with van der Waals surface area (Å²) in [4.78, 5) is 0. The van der Waals surface area contributed by atoms with Gasteiger partial charge in [-0.05, 0) is 13.8 Å². The largest absolute Gasteiger partial charge is 0.314 e. The maximum Gasteiger partial charge on any atom is 0.153 e. The van der Waals surface area contributed by atoms with Crippen molar-refractivity contribution < 1.29 is 8.42 Å². The average molecular weight is 236 g/mol. The van der Waals surface area contributed by atoms with E-state index in [1.165, 1.54) is 6.26 Å². The van der Waals surface area contributed by atoms with Crippen molar-refractivity contribution in [1.29, 1.82) is 0 Å². The van der Waals surface area contributed by atoms with Crippen LogP contribution in [0.15, 0.2) is 0 Å². The molecule has 15 heavy (non-hydrogen) atoms. The Hall–Kier alpha value is -0.130. The van der Waals surface area contributed by atoms with E-state index in [1.54, 1.807) is 13.8 Å². The first-order chi connectivity index (χ1) is 6.67. The molecule has 0 aromatic heterocycles. The highest BCUT2D eigenvalue weighted by Gasteiger charge is 2.29. The maximum atomic E-state index is 11.4. The van der Waals surface area contributed by atoms with Crippen molar-refractivity contribution in [2.24, 2.45) is 0 Å². The predicted octanol–water partition coefficient (Wildman–Crippen LogP) is 0.397. The summed E-state index contributed by atoms with van der Waals surface area (Å²) < 4.78 is 22.0. The zero-order valence-corrected chi connectivity index (χ0v) is 11.2. The van der Waals surface area contributed by atoms with Gasteiger partial charge in [0.25, 0.3) is 0 Å². The van der Waals surface area contributed by atoms with Crippen LogP contribution in [-0.4, -0.2) is 45.1 Å². The van der Waals surface area contributed by atoms with Gasteiger partial charge >= 0.3 is 0 Å². The number of nitrogens with one attached hydrogen (secondary N) is 2. The van der Waals surface area contributed by atoms with Crippen LogP contribution in [0, 0.1) is 0 Å². The molecule has 0 aromatic rings. The van der Waals surface area contributed by atoms with Crippen molar-refractivity contribution in [1.82, 2.24) is 10.6 Å². The van der Waals surface area contributed by atoms with Gasteiger partial charge in [-0.2, -0.15) is 0 Å². The molecule has 0 atom stereocenters. The van der Waals surface area contributed by atoms with Crippen LogP contribution in [0.5, 0.6) is 0 Å². The van der Waals surface area contributed by atoms with Crippen LogP contribution in [0.25, 0.3) is 0 Å². The molecule has 0 aliphatic carbocycles. The molecule has 0 saturated carbocycles. The third-order valence-corrected chi connectivity index (χ3v) is 4.56. The van der Waals surface area contributed by atoms with Crippen molar-refractivity contribution in [2.75, 3.05) is 25.9 Å². The molecular formula is C10H24N2O2S. The first-order valence-electron chi connectivity index (χ1n) is 5.30. The van der Waals surface area contributed by atoms with Crippen LogP contribution in [-0.2, 0) is 9.84 Å². The zero-order valence-electron chi connectivity index (χ0n) is 10.4. The van der Waals surface area contributed by atoms with Crippen molar-refractivity contribution in [3.63, 3.8) is 0 Å². The van der Waals surface area contributed by atoms with Crippen molar-refractivity contribution in [3.8, 4) is 0 Å². The van der Waals surface area contributed by atoms with Gasteiger partial charge in [0, 0.05) is 31.9 Å². The molecule has 92 valence electrons. The molecule has 0 aliphatic rings. The zero-order chi connectivity index (χ0) is 12.1. The lowest BCUT2D eigenvalue weighted by Crippen LogP contribution is -2.43. The number of rotatable bonds is 7. The van der Waals surface area contributed by atoms with E-state index in [-0.39, 0.29) is 0 Å². The Kier molecular flexibility index (Phi) is 5.77. The van der Waals surface area contributed by atoms with Crippen LogP contribution < -0.4 is 10.6 Å². The van der Waals surface area contributed by atoms with E-state index in [0.717, 1.165) is 13.1 Å². The van der Waals surface area contributed by atoms with E-state index in [4.69, 9.17) is 0 Å². The monoisotopic (exact) mass is 236 g/mol. The van der Waals surface area contributed by atoms with Crippen molar-refractivity contribution in [2.45, 2.75) is 38.5 Å². The molecule has 0 bridgehead atoms. The Bertz CT molecular complexity index is 271. The molecule has 0 unspecified atom stereocenters. The summed E-state index contributed by atoms with van der Waals surface area (Å²) in [6, 6.07) is 0.467. The Labute approximate surface area is 93.7 Å². The summed E-state index contributed by atoms with van der Waals surface area (Å²) in [6.07, 6.45) is 1.28. The molecule has 2 N–H and O–H groups in total. The van der Waals surface area contributed by atoms with Gasteiger partial charge in [-0.25, -0.2) is 8.42 Å². The summed E-state index contributed by atoms with van der Waals surface area (Å²) in [5.41, 5.74) is 0. The molecule has 0 aliphatic heterocycles. The van der Waals surface area contributed by atoms with Crippen molar-refractivity contribution >= 4 is 9.84 Å². The van der Waals surface area contributed by atoms with E-state index >= 15 is 0 Å². The number of hydrogen-bond acceptors (Lipinski definition) is 4. The number of sulfone groups is 1. The molecule has 4 nitrogen and oxygen atoms in total. The maximum absolute atomic E-state index is 11.4. The topological polar surface area (TPSA) is 58.2 Å². The molecule has 0 radical (unpaired) electrons. The Morgan fingerprint density at radius 1 is 1.20 bits per heavy atom. The molecule has 0 fully saturated rings. The second-order valence-corrected chi connectivity index (χ2v) is 7.47. The van der Waals surface area contributed by atoms with Crippen molar-refractivity contribution in [3.05, 3.63) is 0 Å². The first-order valence-corrected chi connectivity index (χ1v) is 7.19. The molecule has 0 rings (SSSR count). The second-order valence-electron chi connectivity index (χ2n) is 4.82.